The Kier molecular flexibility index (Phi) is 8.02. The maximum Gasteiger partial charge on any atom is 0.251 e. The molecule has 7 heteroatoms. The predicted molar refractivity (Wildman–Crippen MR) is 112 cm³/mol. The summed E-state index contributed by atoms with van der Waals surface area (Å²) in [6.07, 6.45) is 1.29. The van der Waals surface area contributed by atoms with Gasteiger partial charge in [-0.15, -0.1) is 0 Å². The number of hydrogen-bond acceptors (Lipinski definition) is 4. The van der Waals surface area contributed by atoms with Gasteiger partial charge in [0.2, 0.25) is 11.8 Å². The quantitative estimate of drug-likeness (QED) is 0.535. The van der Waals surface area contributed by atoms with E-state index in [0.29, 0.717) is 24.2 Å². The van der Waals surface area contributed by atoms with Crippen LogP contribution in [0.25, 0.3) is 0 Å². The molecule has 2 aromatic carbocycles. The van der Waals surface area contributed by atoms with E-state index in [0.717, 1.165) is 17.8 Å². The molecular weight excluding hydrogens is 356 g/mol. The molecular formula is C21H26N4O3. The molecule has 2 rings (SSSR count). The number of hydrogen-bond donors (Lipinski definition) is 4. The van der Waals surface area contributed by atoms with Crippen LogP contribution < -0.4 is 21.3 Å². The van der Waals surface area contributed by atoms with Crippen LogP contribution in [0.15, 0.2) is 48.5 Å². The zero-order valence-corrected chi connectivity index (χ0v) is 16.2. The third-order valence-corrected chi connectivity index (χ3v) is 3.87. The molecule has 0 spiro atoms. The third-order valence-electron chi connectivity index (χ3n) is 3.87. The predicted octanol–water partition coefficient (Wildman–Crippen LogP) is 3.23. The summed E-state index contributed by atoms with van der Waals surface area (Å²) in [7, 11) is 0. The van der Waals surface area contributed by atoms with Crippen LogP contribution >= 0.6 is 0 Å². The van der Waals surface area contributed by atoms with Crippen molar-refractivity contribution in [3.05, 3.63) is 54.1 Å². The van der Waals surface area contributed by atoms with Gasteiger partial charge in [-0.05, 0) is 61.9 Å². The molecule has 0 saturated carbocycles. The molecule has 0 aromatic heterocycles. The van der Waals surface area contributed by atoms with Crippen LogP contribution in [0.5, 0.6) is 0 Å². The fourth-order valence-electron chi connectivity index (χ4n) is 2.48. The van der Waals surface area contributed by atoms with Crippen molar-refractivity contribution in [2.75, 3.05) is 29.0 Å². The highest BCUT2D eigenvalue weighted by Gasteiger charge is 2.06. The van der Waals surface area contributed by atoms with Crippen LogP contribution in [0.1, 0.15) is 37.0 Å². The standard InChI is InChI=1S/C21H26N4O3/c1-3-5-19(26)24-18-12-10-16(11-13-18)23-14-20(27)25-17-8-6-15(7-9-17)21(28)22-4-2/h6-13,23H,3-5,14H2,1-2H3,(H,22,28)(H,24,26)(H,25,27). The number of carbonyl (C=O) groups excluding carboxylic acids is 3. The lowest BCUT2D eigenvalue weighted by Gasteiger charge is -2.10. The van der Waals surface area contributed by atoms with E-state index in [2.05, 4.69) is 21.3 Å². The maximum atomic E-state index is 12.1. The SMILES string of the molecule is CCCC(=O)Nc1ccc(NCC(=O)Nc2ccc(C(=O)NCC)cc2)cc1. The average molecular weight is 382 g/mol. The molecule has 0 fully saturated rings. The van der Waals surface area contributed by atoms with E-state index in [1.54, 1.807) is 48.5 Å². The lowest BCUT2D eigenvalue weighted by atomic mass is 10.2. The van der Waals surface area contributed by atoms with Gasteiger partial charge >= 0.3 is 0 Å². The van der Waals surface area contributed by atoms with E-state index in [-0.39, 0.29) is 24.3 Å². The van der Waals surface area contributed by atoms with Crippen molar-refractivity contribution >= 4 is 34.8 Å². The average Bonchev–Trinajstić information content (AvgIpc) is 2.68. The van der Waals surface area contributed by atoms with Gasteiger partial charge in [0.05, 0.1) is 6.54 Å². The largest absolute Gasteiger partial charge is 0.376 e. The zero-order chi connectivity index (χ0) is 20.4. The Balaban J connectivity index is 1.80. The Labute approximate surface area is 164 Å². The van der Waals surface area contributed by atoms with Crippen LogP contribution in [0.4, 0.5) is 17.1 Å². The van der Waals surface area contributed by atoms with Crippen LogP contribution in [0, 0.1) is 0 Å². The second-order valence-corrected chi connectivity index (χ2v) is 6.21. The summed E-state index contributed by atoms with van der Waals surface area (Å²) in [5.41, 5.74) is 2.66. The molecule has 0 unspecified atom stereocenters. The Morgan fingerprint density at radius 3 is 1.86 bits per heavy atom. The van der Waals surface area contributed by atoms with Gasteiger partial charge < -0.3 is 21.3 Å². The molecule has 0 radical (unpaired) electrons. The van der Waals surface area contributed by atoms with Crippen LogP contribution in [0.2, 0.25) is 0 Å². The van der Waals surface area contributed by atoms with E-state index >= 15 is 0 Å². The second-order valence-electron chi connectivity index (χ2n) is 6.21. The molecule has 28 heavy (non-hydrogen) atoms. The Bertz CT molecular complexity index is 801. The number of carbonyl (C=O) groups is 3. The fraction of sp³-hybridized carbons (Fsp3) is 0.286. The van der Waals surface area contributed by atoms with Crippen molar-refractivity contribution in [3.8, 4) is 0 Å². The maximum absolute atomic E-state index is 12.1. The summed E-state index contributed by atoms with van der Waals surface area (Å²) in [5.74, 6) is -0.358. The number of benzene rings is 2. The minimum absolute atomic E-state index is 0.0132. The van der Waals surface area contributed by atoms with Crippen molar-refractivity contribution in [2.24, 2.45) is 0 Å². The molecule has 0 atom stereocenters. The minimum Gasteiger partial charge on any atom is -0.376 e. The van der Waals surface area contributed by atoms with E-state index in [9.17, 15) is 14.4 Å². The van der Waals surface area contributed by atoms with Gasteiger partial charge in [-0.2, -0.15) is 0 Å². The van der Waals surface area contributed by atoms with E-state index in [4.69, 9.17) is 0 Å². The summed E-state index contributed by atoms with van der Waals surface area (Å²) in [6, 6.07) is 13.9. The molecule has 0 saturated heterocycles. The second kappa shape index (κ2) is 10.7. The fourth-order valence-corrected chi connectivity index (χ4v) is 2.48. The smallest absolute Gasteiger partial charge is 0.251 e. The first kappa shape index (κ1) is 21.0. The summed E-state index contributed by atoms with van der Waals surface area (Å²) < 4.78 is 0. The van der Waals surface area contributed by atoms with Gasteiger partial charge in [0.25, 0.3) is 5.91 Å². The lowest BCUT2D eigenvalue weighted by Crippen LogP contribution is -2.23. The van der Waals surface area contributed by atoms with Crippen molar-refractivity contribution in [2.45, 2.75) is 26.7 Å². The molecule has 3 amide bonds. The van der Waals surface area contributed by atoms with E-state index in [1.165, 1.54) is 0 Å². The summed E-state index contributed by atoms with van der Waals surface area (Å²) in [5, 5.41) is 11.3. The van der Waals surface area contributed by atoms with Gasteiger partial charge in [0.1, 0.15) is 0 Å². The topological polar surface area (TPSA) is 99.3 Å². The summed E-state index contributed by atoms with van der Waals surface area (Å²) in [4.78, 5) is 35.4. The van der Waals surface area contributed by atoms with E-state index in [1.807, 2.05) is 13.8 Å². The summed E-state index contributed by atoms with van der Waals surface area (Å²) in [6.45, 7) is 4.47. The molecule has 0 bridgehead atoms. The Hall–Kier alpha value is -3.35. The van der Waals surface area contributed by atoms with Gasteiger partial charge in [-0.25, -0.2) is 0 Å². The van der Waals surface area contributed by atoms with Gasteiger partial charge in [0.15, 0.2) is 0 Å². The number of anilines is 3. The highest BCUT2D eigenvalue weighted by atomic mass is 16.2. The molecule has 4 N–H and O–H groups in total. The van der Waals surface area contributed by atoms with Crippen LogP contribution in [-0.4, -0.2) is 30.8 Å². The highest BCUT2D eigenvalue weighted by Crippen LogP contribution is 2.14. The van der Waals surface area contributed by atoms with Gasteiger partial charge in [-0.3, -0.25) is 14.4 Å². The number of amides is 3. The minimum atomic E-state index is -0.203. The van der Waals surface area contributed by atoms with Crippen molar-refractivity contribution < 1.29 is 14.4 Å². The first-order chi connectivity index (χ1) is 13.5. The molecule has 0 aliphatic carbocycles. The normalized spacial score (nSPS) is 10.1. The third kappa shape index (κ3) is 6.75. The van der Waals surface area contributed by atoms with Crippen molar-refractivity contribution in [3.63, 3.8) is 0 Å². The molecule has 0 aliphatic heterocycles. The van der Waals surface area contributed by atoms with E-state index < -0.39 is 0 Å². The Morgan fingerprint density at radius 2 is 1.29 bits per heavy atom. The molecule has 7 nitrogen and oxygen atoms in total. The monoisotopic (exact) mass is 382 g/mol. The van der Waals surface area contributed by atoms with Crippen molar-refractivity contribution in [1.29, 1.82) is 0 Å². The lowest BCUT2D eigenvalue weighted by molar-refractivity contribution is -0.116. The number of rotatable bonds is 9. The first-order valence-electron chi connectivity index (χ1n) is 9.33. The summed E-state index contributed by atoms with van der Waals surface area (Å²) >= 11 is 0. The van der Waals surface area contributed by atoms with Crippen LogP contribution in [-0.2, 0) is 9.59 Å². The molecule has 148 valence electrons. The molecule has 0 aliphatic rings. The first-order valence-corrected chi connectivity index (χ1v) is 9.33. The van der Waals surface area contributed by atoms with Crippen molar-refractivity contribution in [1.82, 2.24) is 5.32 Å². The van der Waals surface area contributed by atoms with Crippen LogP contribution in [0.3, 0.4) is 0 Å². The molecule has 0 heterocycles. The molecule has 2 aromatic rings. The Morgan fingerprint density at radius 1 is 0.750 bits per heavy atom. The number of nitrogens with one attached hydrogen (secondary N) is 4. The van der Waals surface area contributed by atoms with Gasteiger partial charge in [-0.1, -0.05) is 6.92 Å². The van der Waals surface area contributed by atoms with Gasteiger partial charge in [0, 0.05) is 35.6 Å². The zero-order valence-electron chi connectivity index (χ0n) is 16.2. The highest BCUT2D eigenvalue weighted by molar-refractivity contribution is 5.96.